The molecule has 0 aliphatic heterocycles. The van der Waals surface area contributed by atoms with Gasteiger partial charge < -0.3 is 0 Å². The molecule has 0 radical (unpaired) electrons. The van der Waals surface area contributed by atoms with Crippen molar-refractivity contribution in [1.82, 2.24) is 15.2 Å². The predicted molar refractivity (Wildman–Crippen MR) is 71.8 cm³/mol. The molecule has 1 aliphatic carbocycles. The minimum absolute atomic E-state index is 0.449. The van der Waals surface area contributed by atoms with Crippen LogP contribution in [-0.4, -0.2) is 20.9 Å². The van der Waals surface area contributed by atoms with Gasteiger partial charge >= 0.3 is 0 Å². The van der Waals surface area contributed by atoms with Gasteiger partial charge in [0.1, 0.15) is 6.33 Å². The fraction of sp³-hybridized carbons (Fsp3) is 0.250. The maximum Gasteiger partial charge on any atom is 0.170 e. The van der Waals surface area contributed by atoms with E-state index in [0.717, 1.165) is 18.6 Å². The Bertz CT molecular complexity index is 588. The zero-order chi connectivity index (χ0) is 12.5. The molecule has 1 fully saturated rings. The monoisotopic (exact) mass is 280 g/mol. The van der Waals surface area contributed by atoms with E-state index < -0.39 is 0 Å². The van der Waals surface area contributed by atoms with Gasteiger partial charge in [-0.05, 0) is 31.0 Å². The van der Waals surface area contributed by atoms with E-state index in [-0.39, 0.29) is 0 Å². The zero-order valence-electron chi connectivity index (χ0n) is 9.40. The van der Waals surface area contributed by atoms with E-state index in [2.05, 4.69) is 20.2 Å². The number of hydrogen-bond donors (Lipinski definition) is 1. The van der Waals surface area contributed by atoms with Crippen LogP contribution in [0.2, 0.25) is 10.0 Å². The molecule has 4 nitrogen and oxygen atoms in total. The van der Waals surface area contributed by atoms with Gasteiger partial charge in [0.05, 0.1) is 16.4 Å². The molecule has 0 saturated heterocycles. The molecule has 0 atom stereocenters. The van der Waals surface area contributed by atoms with Crippen LogP contribution in [0.25, 0.3) is 0 Å². The Labute approximate surface area is 114 Å². The molecule has 6 heteroatoms. The Morgan fingerprint density at radius 1 is 1.33 bits per heavy atom. The summed E-state index contributed by atoms with van der Waals surface area (Å²) in [5.74, 6) is 1.16. The smallest absolute Gasteiger partial charge is 0.170 e. The summed E-state index contributed by atoms with van der Waals surface area (Å²) in [7, 11) is 0. The van der Waals surface area contributed by atoms with Gasteiger partial charge in [-0.2, -0.15) is 5.10 Å². The van der Waals surface area contributed by atoms with Crippen molar-refractivity contribution in [2.24, 2.45) is 10.9 Å². The Morgan fingerprint density at radius 3 is 2.78 bits per heavy atom. The molecular formula is C12H10Cl2N4. The lowest BCUT2D eigenvalue weighted by Crippen LogP contribution is -2.05. The van der Waals surface area contributed by atoms with Crippen LogP contribution >= 0.6 is 23.2 Å². The van der Waals surface area contributed by atoms with Crippen molar-refractivity contribution in [3.8, 4) is 0 Å². The molecule has 1 heterocycles. The first-order valence-electron chi connectivity index (χ1n) is 5.63. The average Bonchev–Trinajstić information content (AvgIpc) is 3.03. The molecule has 0 amide bonds. The molecule has 18 heavy (non-hydrogen) atoms. The third kappa shape index (κ3) is 2.40. The first-order chi connectivity index (χ1) is 8.74. The highest BCUT2D eigenvalue weighted by Crippen LogP contribution is 2.35. The van der Waals surface area contributed by atoms with Gasteiger partial charge in [-0.25, -0.2) is 9.98 Å². The molecular weight excluding hydrogens is 271 g/mol. The standard InChI is InChI=1S/C12H10Cl2N4/c13-8-3-4-10(9(14)5-8)17-11(7-1-2-7)12-15-6-16-18-12/h3-7H,1-2H2,(H,15,16,18). The maximum atomic E-state index is 6.12. The summed E-state index contributed by atoms with van der Waals surface area (Å²) in [5, 5.41) is 7.85. The molecule has 1 aromatic heterocycles. The summed E-state index contributed by atoms with van der Waals surface area (Å²) < 4.78 is 0. The largest absolute Gasteiger partial charge is 0.258 e. The first kappa shape index (κ1) is 11.7. The van der Waals surface area contributed by atoms with Crippen LogP contribution in [0.3, 0.4) is 0 Å². The summed E-state index contributed by atoms with van der Waals surface area (Å²) >= 11 is 12.0. The lowest BCUT2D eigenvalue weighted by Gasteiger charge is -2.03. The van der Waals surface area contributed by atoms with Gasteiger partial charge in [-0.3, -0.25) is 5.10 Å². The van der Waals surface area contributed by atoms with Crippen LogP contribution < -0.4 is 0 Å². The van der Waals surface area contributed by atoms with Gasteiger partial charge in [0.15, 0.2) is 5.82 Å². The second-order valence-electron chi connectivity index (χ2n) is 4.20. The third-order valence-electron chi connectivity index (χ3n) is 2.77. The van der Waals surface area contributed by atoms with Gasteiger partial charge in [-0.15, -0.1) is 0 Å². The SMILES string of the molecule is Clc1ccc(N=C(c2ncn[nH]2)C2CC2)c(Cl)c1. The second kappa shape index (κ2) is 4.71. The molecule has 1 aromatic carbocycles. The first-order valence-corrected chi connectivity index (χ1v) is 6.39. The van der Waals surface area contributed by atoms with E-state index in [9.17, 15) is 0 Å². The Kier molecular flexibility index (Phi) is 3.06. The Hall–Kier alpha value is -1.39. The number of H-pyrrole nitrogens is 1. The normalized spacial score (nSPS) is 16.0. The number of aromatic nitrogens is 3. The minimum Gasteiger partial charge on any atom is -0.258 e. The second-order valence-corrected chi connectivity index (χ2v) is 5.04. The fourth-order valence-corrected chi connectivity index (χ4v) is 2.18. The number of nitrogens with one attached hydrogen (secondary N) is 1. The van der Waals surface area contributed by atoms with Crippen LogP contribution in [0.5, 0.6) is 0 Å². The summed E-state index contributed by atoms with van der Waals surface area (Å²) in [4.78, 5) is 8.75. The van der Waals surface area contributed by atoms with Gasteiger partial charge in [0, 0.05) is 10.9 Å². The quantitative estimate of drug-likeness (QED) is 0.873. The van der Waals surface area contributed by atoms with E-state index >= 15 is 0 Å². The van der Waals surface area contributed by atoms with Crippen molar-refractivity contribution >= 4 is 34.6 Å². The van der Waals surface area contributed by atoms with Crippen LogP contribution in [0.1, 0.15) is 18.7 Å². The fourth-order valence-electron chi connectivity index (χ4n) is 1.72. The van der Waals surface area contributed by atoms with Crippen molar-refractivity contribution in [1.29, 1.82) is 0 Å². The highest BCUT2D eigenvalue weighted by atomic mass is 35.5. The highest BCUT2D eigenvalue weighted by Gasteiger charge is 2.30. The number of benzene rings is 1. The summed E-state index contributed by atoms with van der Waals surface area (Å²) in [6, 6.07) is 5.27. The zero-order valence-corrected chi connectivity index (χ0v) is 10.9. The van der Waals surface area contributed by atoms with Gasteiger partial charge in [0.2, 0.25) is 0 Å². The van der Waals surface area contributed by atoms with Gasteiger partial charge in [0.25, 0.3) is 0 Å². The lowest BCUT2D eigenvalue weighted by atomic mass is 10.2. The summed E-state index contributed by atoms with van der Waals surface area (Å²) in [5.41, 5.74) is 1.62. The van der Waals surface area contributed by atoms with Crippen LogP contribution in [-0.2, 0) is 0 Å². The van der Waals surface area contributed by atoms with Gasteiger partial charge in [-0.1, -0.05) is 23.2 Å². The van der Waals surface area contributed by atoms with Crippen LogP contribution in [0.15, 0.2) is 29.5 Å². The van der Waals surface area contributed by atoms with Crippen LogP contribution in [0.4, 0.5) is 5.69 Å². The van der Waals surface area contributed by atoms with E-state index in [4.69, 9.17) is 23.2 Å². The minimum atomic E-state index is 0.449. The average molecular weight is 281 g/mol. The molecule has 0 spiro atoms. The number of aliphatic imine (C=N–C) groups is 1. The topological polar surface area (TPSA) is 53.9 Å². The maximum absolute atomic E-state index is 6.12. The number of halogens is 2. The van der Waals surface area contributed by atoms with Crippen molar-refractivity contribution in [3.05, 3.63) is 40.4 Å². The number of nitrogens with zero attached hydrogens (tertiary/aromatic N) is 3. The Balaban J connectivity index is 2.02. The van der Waals surface area contributed by atoms with E-state index in [0.29, 0.717) is 27.5 Å². The van der Waals surface area contributed by atoms with E-state index in [1.165, 1.54) is 6.33 Å². The third-order valence-corrected chi connectivity index (χ3v) is 3.31. The molecule has 1 aliphatic rings. The molecule has 2 aromatic rings. The summed E-state index contributed by atoms with van der Waals surface area (Å²) in [6.45, 7) is 0. The number of aromatic amines is 1. The van der Waals surface area contributed by atoms with Crippen molar-refractivity contribution in [2.45, 2.75) is 12.8 Å². The lowest BCUT2D eigenvalue weighted by molar-refractivity contribution is 1.05. The molecule has 1 N–H and O–H groups in total. The molecule has 1 saturated carbocycles. The van der Waals surface area contributed by atoms with Crippen molar-refractivity contribution in [3.63, 3.8) is 0 Å². The number of rotatable bonds is 3. The highest BCUT2D eigenvalue weighted by molar-refractivity contribution is 6.36. The molecule has 0 bridgehead atoms. The number of hydrogen-bond acceptors (Lipinski definition) is 3. The Morgan fingerprint density at radius 2 is 2.17 bits per heavy atom. The molecule has 92 valence electrons. The van der Waals surface area contributed by atoms with Crippen molar-refractivity contribution < 1.29 is 0 Å². The molecule has 0 unspecified atom stereocenters. The van der Waals surface area contributed by atoms with Crippen molar-refractivity contribution in [2.75, 3.05) is 0 Å². The summed E-state index contributed by atoms with van der Waals surface area (Å²) in [6.07, 6.45) is 3.74. The van der Waals surface area contributed by atoms with E-state index in [1.807, 2.05) is 6.07 Å². The molecule has 3 rings (SSSR count). The van der Waals surface area contributed by atoms with E-state index in [1.54, 1.807) is 12.1 Å². The van der Waals surface area contributed by atoms with Crippen LogP contribution in [0, 0.1) is 5.92 Å². The predicted octanol–water partition coefficient (Wildman–Crippen LogP) is 3.64.